The van der Waals surface area contributed by atoms with Crippen LogP contribution in [0.2, 0.25) is 0 Å². The molecule has 2 N–H and O–H groups in total. The molecule has 0 amide bonds. The third-order valence-electron chi connectivity index (χ3n) is 3.28. The second-order valence-corrected chi connectivity index (χ2v) is 5.75. The van der Waals surface area contributed by atoms with Crippen LogP contribution in [0.25, 0.3) is 10.9 Å². The van der Waals surface area contributed by atoms with Crippen molar-refractivity contribution in [3.05, 3.63) is 65.7 Å². The van der Waals surface area contributed by atoms with Crippen molar-refractivity contribution >= 4 is 22.7 Å². The molecule has 0 saturated heterocycles. The summed E-state index contributed by atoms with van der Waals surface area (Å²) in [5.41, 5.74) is 9.25. The summed E-state index contributed by atoms with van der Waals surface area (Å²) in [4.78, 5) is 5.99. The summed E-state index contributed by atoms with van der Waals surface area (Å²) in [6, 6.07) is 18.6. The maximum absolute atomic E-state index is 5.88. The van der Waals surface area contributed by atoms with E-state index in [0.717, 1.165) is 21.5 Å². The fourth-order valence-electron chi connectivity index (χ4n) is 2.15. The van der Waals surface area contributed by atoms with Gasteiger partial charge in [0.15, 0.2) is 0 Å². The third kappa shape index (κ3) is 2.55. The molecule has 0 fully saturated rings. The first-order chi connectivity index (χ1) is 9.78. The average molecular weight is 280 g/mol. The first kappa shape index (κ1) is 13.2. The molecule has 1 heterocycles. The fraction of sp³-hybridized carbons (Fsp3) is 0.118. The standard InChI is InChI=1S/C17H16N2S/c1-12-6-2-5-9-16(12)20-17-14(11-18)10-13-7-3-4-8-15(13)19-17/h2-10H,11,18H2,1H3. The average Bonchev–Trinajstić information content (AvgIpc) is 2.49. The molecule has 3 rings (SSSR count). The monoisotopic (exact) mass is 280 g/mol. The van der Waals surface area contributed by atoms with Crippen LogP contribution in [-0.4, -0.2) is 4.98 Å². The zero-order valence-corrected chi connectivity index (χ0v) is 12.2. The number of benzene rings is 2. The molecule has 2 nitrogen and oxygen atoms in total. The van der Waals surface area contributed by atoms with Crippen molar-refractivity contribution in [2.75, 3.05) is 0 Å². The first-order valence-electron chi connectivity index (χ1n) is 6.60. The summed E-state index contributed by atoms with van der Waals surface area (Å²) < 4.78 is 0. The second-order valence-electron chi connectivity index (χ2n) is 4.72. The van der Waals surface area contributed by atoms with Gasteiger partial charge in [0, 0.05) is 16.8 Å². The van der Waals surface area contributed by atoms with E-state index in [4.69, 9.17) is 10.7 Å². The van der Waals surface area contributed by atoms with E-state index >= 15 is 0 Å². The van der Waals surface area contributed by atoms with Gasteiger partial charge in [0.2, 0.25) is 0 Å². The smallest absolute Gasteiger partial charge is 0.106 e. The molecule has 3 aromatic rings. The lowest BCUT2D eigenvalue weighted by molar-refractivity contribution is 0.981. The highest BCUT2D eigenvalue weighted by Gasteiger charge is 2.08. The SMILES string of the molecule is Cc1ccccc1Sc1nc2ccccc2cc1CN. The number of aryl methyl sites for hydroxylation is 1. The summed E-state index contributed by atoms with van der Waals surface area (Å²) in [7, 11) is 0. The number of hydrogen-bond acceptors (Lipinski definition) is 3. The van der Waals surface area contributed by atoms with Gasteiger partial charge in [-0.15, -0.1) is 0 Å². The predicted octanol–water partition coefficient (Wildman–Crippen LogP) is 4.15. The molecule has 0 aliphatic carbocycles. The highest BCUT2D eigenvalue weighted by Crippen LogP contribution is 2.32. The first-order valence-corrected chi connectivity index (χ1v) is 7.42. The van der Waals surface area contributed by atoms with Gasteiger partial charge in [-0.05, 0) is 36.2 Å². The van der Waals surface area contributed by atoms with Gasteiger partial charge in [0.1, 0.15) is 5.03 Å². The van der Waals surface area contributed by atoms with Gasteiger partial charge in [-0.2, -0.15) is 0 Å². The van der Waals surface area contributed by atoms with Crippen molar-refractivity contribution in [2.24, 2.45) is 5.73 Å². The van der Waals surface area contributed by atoms with E-state index in [1.54, 1.807) is 11.8 Å². The predicted molar refractivity (Wildman–Crippen MR) is 84.9 cm³/mol. The Labute approximate surface area is 123 Å². The minimum atomic E-state index is 0.506. The van der Waals surface area contributed by atoms with Gasteiger partial charge in [0.05, 0.1) is 5.52 Å². The van der Waals surface area contributed by atoms with E-state index in [0.29, 0.717) is 6.54 Å². The molecule has 0 spiro atoms. The third-order valence-corrected chi connectivity index (χ3v) is 4.51. The maximum atomic E-state index is 5.88. The Balaban J connectivity index is 2.08. The number of hydrogen-bond donors (Lipinski definition) is 1. The van der Waals surface area contributed by atoms with E-state index in [-0.39, 0.29) is 0 Å². The minimum Gasteiger partial charge on any atom is -0.326 e. The van der Waals surface area contributed by atoms with Gasteiger partial charge in [-0.3, -0.25) is 0 Å². The number of nitrogens with two attached hydrogens (primary N) is 1. The highest BCUT2D eigenvalue weighted by atomic mass is 32.2. The van der Waals surface area contributed by atoms with Crippen LogP contribution in [0.15, 0.2) is 64.5 Å². The van der Waals surface area contributed by atoms with Crippen LogP contribution in [-0.2, 0) is 6.54 Å². The van der Waals surface area contributed by atoms with Gasteiger partial charge >= 0.3 is 0 Å². The lowest BCUT2D eigenvalue weighted by atomic mass is 10.1. The van der Waals surface area contributed by atoms with Crippen molar-refractivity contribution in [1.29, 1.82) is 0 Å². The molecule has 0 aliphatic rings. The number of fused-ring (bicyclic) bond motifs is 1. The lowest BCUT2D eigenvalue weighted by Gasteiger charge is -2.10. The molecule has 0 aliphatic heterocycles. The zero-order chi connectivity index (χ0) is 13.9. The van der Waals surface area contributed by atoms with Gasteiger partial charge in [0.25, 0.3) is 0 Å². The largest absolute Gasteiger partial charge is 0.326 e. The molecule has 0 atom stereocenters. The Morgan fingerprint density at radius 1 is 1.05 bits per heavy atom. The summed E-state index contributed by atoms with van der Waals surface area (Å²) in [6.45, 7) is 2.62. The van der Waals surface area contributed by atoms with Crippen LogP contribution in [0.4, 0.5) is 0 Å². The molecule has 0 bridgehead atoms. The molecule has 100 valence electrons. The Morgan fingerprint density at radius 3 is 2.60 bits per heavy atom. The molecular weight excluding hydrogens is 264 g/mol. The summed E-state index contributed by atoms with van der Waals surface area (Å²) in [5.74, 6) is 0. The summed E-state index contributed by atoms with van der Waals surface area (Å²) in [6.07, 6.45) is 0. The molecule has 1 aromatic heterocycles. The van der Waals surface area contributed by atoms with Crippen molar-refractivity contribution in [1.82, 2.24) is 4.98 Å². The highest BCUT2D eigenvalue weighted by molar-refractivity contribution is 7.99. The van der Waals surface area contributed by atoms with Crippen LogP contribution in [0.5, 0.6) is 0 Å². The molecule has 20 heavy (non-hydrogen) atoms. The van der Waals surface area contributed by atoms with Crippen molar-refractivity contribution in [3.63, 3.8) is 0 Å². The van der Waals surface area contributed by atoms with Crippen LogP contribution in [0.1, 0.15) is 11.1 Å². The van der Waals surface area contributed by atoms with E-state index in [1.165, 1.54) is 10.5 Å². The number of rotatable bonds is 3. The fourth-order valence-corrected chi connectivity index (χ4v) is 3.15. The molecular formula is C17H16N2S. The van der Waals surface area contributed by atoms with Crippen LogP contribution in [0, 0.1) is 6.92 Å². The van der Waals surface area contributed by atoms with Crippen LogP contribution in [0.3, 0.4) is 0 Å². The summed E-state index contributed by atoms with van der Waals surface area (Å²) in [5, 5.41) is 2.14. The Kier molecular flexibility index (Phi) is 3.72. The quantitative estimate of drug-likeness (QED) is 0.783. The van der Waals surface area contributed by atoms with Crippen molar-refractivity contribution in [3.8, 4) is 0 Å². The number of nitrogens with zero attached hydrogens (tertiary/aromatic N) is 1. The van der Waals surface area contributed by atoms with Crippen molar-refractivity contribution in [2.45, 2.75) is 23.4 Å². The normalized spacial score (nSPS) is 10.9. The Hall–Kier alpha value is -1.84. The summed E-state index contributed by atoms with van der Waals surface area (Å²) >= 11 is 1.69. The van der Waals surface area contributed by atoms with Crippen LogP contribution < -0.4 is 5.73 Å². The van der Waals surface area contributed by atoms with Crippen molar-refractivity contribution < 1.29 is 0 Å². The van der Waals surface area contributed by atoms with E-state index < -0.39 is 0 Å². The van der Waals surface area contributed by atoms with E-state index in [9.17, 15) is 0 Å². The van der Waals surface area contributed by atoms with Crippen LogP contribution >= 0.6 is 11.8 Å². The molecule has 2 aromatic carbocycles. The lowest BCUT2D eigenvalue weighted by Crippen LogP contribution is -2.00. The number of pyridine rings is 1. The Morgan fingerprint density at radius 2 is 1.80 bits per heavy atom. The second kappa shape index (κ2) is 5.65. The zero-order valence-electron chi connectivity index (χ0n) is 11.3. The molecule has 0 unspecified atom stereocenters. The topological polar surface area (TPSA) is 38.9 Å². The maximum Gasteiger partial charge on any atom is 0.106 e. The van der Waals surface area contributed by atoms with E-state index in [1.807, 2.05) is 18.2 Å². The minimum absolute atomic E-state index is 0.506. The van der Waals surface area contributed by atoms with Gasteiger partial charge in [-0.25, -0.2) is 4.98 Å². The van der Waals surface area contributed by atoms with Gasteiger partial charge < -0.3 is 5.73 Å². The number of aromatic nitrogens is 1. The molecule has 3 heteroatoms. The Bertz CT molecular complexity index is 753. The van der Waals surface area contributed by atoms with E-state index in [2.05, 4.69) is 43.3 Å². The molecule has 0 saturated carbocycles. The van der Waals surface area contributed by atoms with Gasteiger partial charge in [-0.1, -0.05) is 48.2 Å². The number of para-hydroxylation sites is 1. The molecule has 0 radical (unpaired) electrons.